The van der Waals surface area contributed by atoms with Crippen molar-refractivity contribution in [2.24, 2.45) is 0 Å². The van der Waals surface area contributed by atoms with Gasteiger partial charge in [0.25, 0.3) is 0 Å². The number of ketones is 1. The number of halogens is 1. The molecule has 11 heavy (non-hydrogen) atoms. The van der Waals surface area contributed by atoms with Crippen molar-refractivity contribution in [3.05, 3.63) is 34.9 Å². The summed E-state index contributed by atoms with van der Waals surface area (Å²) in [6.07, 6.45) is 2.92. The van der Waals surface area contributed by atoms with Crippen molar-refractivity contribution in [1.29, 1.82) is 0 Å². The molecule has 0 saturated heterocycles. The van der Waals surface area contributed by atoms with Crippen LogP contribution < -0.4 is 0 Å². The van der Waals surface area contributed by atoms with Gasteiger partial charge in [0.05, 0.1) is 6.61 Å². The Bertz CT molecular complexity index is 274. The van der Waals surface area contributed by atoms with Crippen molar-refractivity contribution >= 4 is 17.4 Å². The van der Waals surface area contributed by atoms with Crippen LogP contribution in [0, 0.1) is 0 Å². The number of aliphatic hydroxyl groups is 1. The monoisotopic (exact) mass is 170 g/mol. The first-order valence-electron chi connectivity index (χ1n) is 3.07. The van der Waals surface area contributed by atoms with Crippen LogP contribution in [0.4, 0.5) is 0 Å². The van der Waals surface area contributed by atoms with Crippen LogP contribution in [0.15, 0.2) is 34.9 Å². The van der Waals surface area contributed by atoms with Crippen LogP contribution in [0.3, 0.4) is 0 Å². The zero-order valence-electron chi connectivity index (χ0n) is 5.80. The van der Waals surface area contributed by atoms with Crippen LogP contribution in [0.1, 0.15) is 0 Å². The molecule has 0 amide bonds. The van der Waals surface area contributed by atoms with Crippen LogP contribution in [0.25, 0.3) is 0 Å². The van der Waals surface area contributed by atoms with Gasteiger partial charge in [0.1, 0.15) is 0 Å². The van der Waals surface area contributed by atoms with Gasteiger partial charge in [-0.1, -0.05) is 18.2 Å². The van der Waals surface area contributed by atoms with E-state index in [-0.39, 0.29) is 12.4 Å². The highest BCUT2D eigenvalue weighted by molar-refractivity contribution is 6.33. The van der Waals surface area contributed by atoms with Gasteiger partial charge < -0.3 is 5.11 Å². The number of aliphatic hydroxyl groups excluding tert-OH is 1. The maximum Gasteiger partial charge on any atom is 0.190 e. The quantitative estimate of drug-likeness (QED) is 0.600. The summed E-state index contributed by atoms with van der Waals surface area (Å²) in [5, 5.41) is 9.11. The average Bonchev–Trinajstić information content (AvgIpc) is 1.96. The molecule has 0 aliphatic heterocycles. The molecule has 0 fully saturated rings. The van der Waals surface area contributed by atoms with Crippen LogP contribution in [0.2, 0.25) is 0 Å². The molecule has 3 heteroatoms. The summed E-state index contributed by atoms with van der Waals surface area (Å²) in [7, 11) is 0. The lowest BCUT2D eigenvalue weighted by Gasteiger charge is -2.07. The van der Waals surface area contributed by atoms with E-state index in [4.69, 9.17) is 16.7 Å². The van der Waals surface area contributed by atoms with E-state index in [1.54, 1.807) is 0 Å². The molecule has 0 atom stereocenters. The van der Waals surface area contributed by atoms with Gasteiger partial charge in [0.2, 0.25) is 0 Å². The number of rotatable bonds is 1. The summed E-state index contributed by atoms with van der Waals surface area (Å²) in [4.78, 5) is 11.1. The first kappa shape index (κ1) is 8.24. The van der Waals surface area contributed by atoms with Crippen molar-refractivity contribution in [1.82, 2.24) is 0 Å². The van der Waals surface area contributed by atoms with Crippen molar-refractivity contribution in [3.8, 4) is 0 Å². The number of carbonyl (C=O) groups excluding carboxylic acids is 1. The number of Topliss-reactive ketones (excluding diaryl/α,β-unsaturated/α-hetero) is 1. The van der Waals surface area contributed by atoms with E-state index in [1.807, 2.05) is 0 Å². The van der Waals surface area contributed by atoms with Gasteiger partial charge >= 0.3 is 0 Å². The molecule has 0 radical (unpaired) electrons. The third-order valence-corrected chi connectivity index (χ3v) is 1.60. The lowest BCUT2D eigenvalue weighted by Crippen LogP contribution is -2.10. The summed E-state index contributed by atoms with van der Waals surface area (Å²) >= 11 is 5.61. The Morgan fingerprint density at radius 3 is 2.73 bits per heavy atom. The lowest BCUT2D eigenvalue weighted by atomic mass is 10.0. The summed E-state index contributed by atoms with van der Waals surface area (Å²) < 4.78 is 0. The summed E-state index contributed by atoms with van der Waals surface area (Å²) in [5.74, 6) is -0.239. The SMILES string of the molecule is C=C1C=C(Cl)C=C(CO)C1=O. The number of hydrogen-bond donors (Lipinski definition) is 1. The molecule has 0 spiro atoms. The first-order chi connectivity index (χ1) is 5.15. The molecule has 1 aliphatic carbocycles. The van der Waals surface area contributed by atoms with Gasteiger partial charge in [-0.3, -0.25) is 4.79 Å². The molecule has 0 aromatic carbocycles. The van der Waals surface area contributed by atoms with Gasteiger partial charge in [0, 0.05) is 16.2 Å². The molecule has 0 heterocycles. The molecule has 0 aromatic heterocycles. The Kier molecular flexibility index (Phi) is 2.27. The highest BCUT2D eigenvalue weighted by Crippen LogP contribution is 2.19. The molecule has 2 nitrogen and oxygen atoms in total. The number of carbonyl (C=O) groups is 1. The molecule has 0 unspecified atom stereocenters. The molecule has 0 saturated carbocycles. The average molecular weight is 171 g/mol. The molecule has 1 rings (SSSR count). The first-order valence-corrected chi connectivity index (χ1v) is 3.45. The largest absolute Gasteiger partial charge is 0.392 e. The summed E-state index contributed by atoms with van der Waals surface area (Å²) in [6.45, 7) is 3.19. The zero-order valence-corrected chi connectivity index (χ0v) is 6.56. The predicted molar refractivity (Wildman–Crippen MR) is 43.3 cm³/mol. The fourth-order valence-corrected chi connectivity index (χ4v) is 1.09. The van der Waals surface area contributed by atoms with Crippen LogP contribution in [0.5, 0.6) is 0 Å². The van der Waals surface area contributed by atoms with E-state index in [9.17, 15) is 4.79 Å². The molecule has 0 aromatic rings. The third-order valence-electron chi connectivity index (χ3n) is 1.38. The minimum atomic E-state index is -0.290. The summed E-state index contributed by atoms with van der Waals surface area (Å²) in [5.41, 5.74) is 0.615. The maximum absolute atomic E-state index is 11.1. The highest BCUT2D eigenvalue weighted by Gasteiger charge is 2.15. The minimum absolute atomic E-state index is 0.239. The second-order valence-corrected chi connectivity index (χ2v) is 2.65. The fourth-order valence-electron chi connectivity index (χ4n) is 0.829. The second-order valence-electron chi connectivity index (χ2n) is 2.21. The number of hydrogen-bond acceptors (Lipinski definition) is 2. The lowest BCUT2D eigenvalue weighted by molar-refractivity contribution is -0.112. The van der Waals surface area contributed by atoms with Gasteiger partial charge in [0.15, 0.2) is 5.78 Å². The molecule has 0 bridgehead atoms. The van der Waals surface area contributed by atoms with E-state index in [2.05, 4.69) is 6.58 Å². The number of allylic oxidation sites excluding steroid dienone is 4. The fraction of sp³-hybridized carbons (Fsp3) is 0.125. The van der Waals surface area contributed by atoms with Crippen molar-refractivity contribution in [3.63, 3.8) is 0 Å². The Morgan fingerprint density at radius 2 is 2.18 bits per heavy atom. The maximum atomic E-state index is 11.1. The Balaban J connectivity index is 3.03. The highest BCUT2D eigenvalue weighted by atomic mass is 35.5. The zero-order chi connectivity index (χ0) is 8.43. The topological polar surface area (TPSA) is 37.3 Å². The third kappa shape index (κ3) is 1.59. The predicted octanol–water partition coefficient (Wildman–Crippen LogP) is 1.17. The van der Waals surface area contributed by atoms with E-state index >= 15 is 0 Å². The molecular weight excluding hydrogens is 164 g/mol. The Hall–Kier alpha value is -0.860. The minimum Gasteiger partial charge on any atom is -0.392 e. The van der Waals surface area contributed by atoms with Gasteiger partial charge in [-0.25, -0.2) is 0 Å². The molecule has 1 N–H and O–H groups in total. The van der Waals surface area contributed by atoms with Crippen molar-refractivity contribution < 1.29 is 9.90 Å². The standard InChI is InChI=1S/C8H7ClO2/c1-5-2-7(9)3-6(4-10)8(5)11/h2-3,10H,1,4H2. The molecule has 58 valence electrons. The van der Waals surface area contributed by atoms with Gasteiger partial charge in [-0.15, -0.1) is 0 Å². The molecule has 1 aliphatic rings. The van der Waals surface area contributed by atoms with E-state index in [1.165, 1.54) is 12.2 Å². The van der Waals surface area contributed by atoms with Crippen molar-refractivity contribution in [2.45, 2.75) is 0 Å². The van der Waals surface area contributed by atoms with Crippen LogP contribution >= 0.6 is 11.6 Å². The van der Waals surface area contributed by atoms with Gasteiger partial charge in [-0.05, 0) is 12.2 Å². The smallest absolute Gasteiger partial charge is 0.190 e. The van der Waals surface area contributed by atoms with E-state index in [0.717, 1.165) is 0 Å². The van der Waals surface area contributed by atoms with E-state index < -0.39 is 0 Å². The van der Waals surface area contributed by atoms with Crippen LogP contribution in [-0.2, 0) is 4.79 Å². The van der Waals surface area contributed by atoms with Crippen molar-refractivity contribution in [2.75, 3.05) is 6.61 Å². The van der Waals surface area contributed by atoms with Gasteiger partial charge in [-0.2, -0.15) is 0 Å². The Morgan fingerprint density at radius 1 is 1.55 bits per heavy atom. The van der Waals surface area contributed by atoms with E-state index in [0.29, 0.717) is 16.2 Å². The molecular formula is C8H7ClO2. The normalized spacial score (nSPS) is 18.0. The second kappa shape index (κ2) is 3.03. The Labute approximate surface area is 69.5 Å². The summed E-state index contributed by atoms with van der Waals surface area (Å²) in [6, 6.07) is 0. The van der Waals surface area contributed by atoms with Crippen LogP contribution in [-0.4, -0.2) is 17.5 Å².